The van der Waals surface area contributed by atoms with Gasteiger partial charge in [0.1, 0.15) is 17.5 Å². The Morgan fingerprint density at radius 3 is 2.40 bits per heavy atom. The van der Waals surface area contributed by atoms with Gasteiger partial charge >= 0.3 is 6.03 Å². The van der Waals surface area contributed by atoms with Crippen molar-refractivity contribution < 1.29 is 22.5 Å². The summed E-state index contributed by atoms with van der Waals surface area (Å²) >= 11 is 0. The maximum Gasteiger partial charge on any atom is 0.327 e. The van der Waals surface area contributed by atoms with Gasteiger partial charge in [-0.05, 0) is 61.4 Å². The molecule has 2 amide bonds. The molecule has 1 atom stereocenters. The summed E-state index contributed by atoms with van der Waals surface area (Å²) in [6.07, 6.45) is 0. The van der Waals surface area contributed by atoms with Crippen LogP contribution < -0.4 is 10.2 Å². The van der Waals surface area contributed by atoms with Gasteiger partial charge in [-0.1, -0.05) is 35.5 Å². The topological polar surface area (TPSA) is 71.3 Å². The quantitative estimate of drug-likeness (QED) is 0.383. The minimum atomic E-state index is -0.828. The van der Waals surface area contributed by atoms with Gasteiger partial charge in [0.15, 0.2) is 0 Å². The molecular formula is C26H19F3N4O2. The Morgan fingerprint density at radius 2 is 1.69 bits per heavy atom. The number of benzene rings is 3. The Bertz CT molecular complexity index is 1480. The Balaban J connectivity index is 1.67. The fourth-order valence-corrected chi connectivity index (χ4v) is 4.07. The molecular weight excluding hydrogens is 457 g/mol. The van der Waals surface area contributed by atoms with E-state index in [0.717, 1.165) is 0 Å². The van der Waals surface area contributed by atoms with Gasteiger partial charge in [0.25, 0.3) is 5.89 Å². The monoisotopic (exact) mass is 476 g/mol. The maximum atomic E-state index is 14.3. The number of rotatable bonds is 4. The van der Waals surface area contributed by atoms with Crippen molar-refractivity contribution in [3.63, 3.8) is 0 Å². The zero-order valence-electron chi connectivity index (χ0n) is 18.7. The number of hydrogen-bond acceptors (Lipinski definition) is 4. The molecule has 0 fully saturated rings. The molecule has 6 nitrogen and oxygen atoms in total. The zero-order chi connectivity index (χ0) is 24.7. The van der Waals surface area contributed by atoms with Crippen LogP contribution in [0, 0.1) is 24.4 Å². The Hall–Kier alpha value is -4.40. The summed E-state index contributed by atoms with van der Waals surface area (Å²) in [7, 11) is 0. The summed E-state index contributed by atoms with van der Waals surface area (Å²) in [5, 5.41) is 6.81. The minimum Gasteiger partial charge on any atom is -0.334 e. The SMILES string of the molecule is CC1=C(c2nc(-c3cccc(F)c3)no2)C(c2cccc(F)c2)NC(=O)N1c1ccc(C)c(F)c1. The molecule has 5 rings (SSSR count). The third-order valence-corrected chi connectivity index (χ3v) is 5.82. The fourth-order valence-electron chi connectivity index (χ4n) is 4.07. The number of allylic oxidation sites excluding steroid dienone is 1. The smallest absolute Gasteiger partial charge is 0.327 e. The zero-order valence-corrected chi connectivity index (χ0v) is 18.7. The van der Waals surface area contributed by atoms with Crippen molar-refractivity contribution in [3.8, 4) is 11.4 Å². The van der Waals surface area contributed by atoms with E-state index in [1.54, 1.807) is 38.1 Å². The predicted octanol–water partition coefficient (Wildman–Crippen LogP) is 6.16. The van der Waals surface area contributed by atoms with Crippen LogP contribution in [0.3, 0.4) is 0 Å². The van der Waals surface area contributed by atoms with Gasteiger partial charge in [-0.25, -0.2) is 18.0 Å². The van der Waals surface area contributed by atoms with Gasteiger partial charge in [0, 0.05) is 11.3 Å². The Kier molecular flexibility index (Phi) is 5.60. The van der Waals surface area contributed by atoms with E-state index in [4.69, 9.17) is 4.52 Å². The molecule has 1 aromatic heterocycles. The average Bonchev–Trinajstić information content (AvgIpc) is 3.31. The molecule has 0 bridgehead atoms. The van der Waals surface area contributed by atoms with Gasteiger partial charge in [-0.2, -0.15) is 4.98 Å². The number of hydrogen-bond donors (Lipinski definition) is 1. The van der Waals surface area contributed by atoms with Crippen LogP contribution in [0.4, 0.5) is 23.7 Å². The van der Waals surface area contributed by atoms with Crippen LogP contribution in [0.25, 0.3) is 17.0 Å². The first kappa shape index (κ1) is 22.4. The van der Waals surface area contributed by atoms with E-state index in [9.17, 15) is 18.0 Å². The van der Waals surface area contributed by atoms with Crippen LogP contribution in [0.15, 0.2) is 77.0 Å². The number of nitrogens with zero attached hydrogens (tertiary/aromatic N) is 3. The van der Waals surface area contributed by atoms with E-state index >= 15 is 0 Å². The molecule has 0 aliphatic carbocycles. The summed E-state index contributed by atoms with van der Waals surface area (Å²) in [5.41, 5.74) is 2.36. The van der Waals surface area contributed by atoms with Gasteiger partial charge in [-0.3, -0.25) is 4.90 Å². The summed E-state index contributed by atoms with van der Waals surface area (Å²) in [6, 6.07) is 14.6. The van der Waals surface area contributed by atoms with Gasteiger partial charge in [0.2, 0.25) is 5.82 Å². The first-order valence-electron chi connectivity index (χ1n) is 10.7. The highest BCUT2D eigenvalue weighted by Gasteiger charge is 2.36. The predicted molar refractivity (Wildman–Crippen MR) is 124 cm³/mol. The van der Waals surface area contributed by atoms with Crippen molar-refractivity contribution in [1.29, 1.82) is 0 Å². The normalized spacial score (nSPS) is 16.0. The maximum absolute atomic E-state index is 14.3. The standard InChI is InChI=1S/C26H19F3N4O2/c1-14-9-10-20(13-21(14)29)33-15(2)22(23(30-26(33)34)16-5-3-7-18(27)11-16)25-31-24(32-35-25)17-6-4-8-19(28)12-17/h3-13,23H,1-2H3,(H,30,34). The molecule has 2 heterocycles. The molecule has 0 saturated heterocycles. The molecule has 3 aromatic carbocycles. The third-order valence-electron chi connectivity index (χ3n) is 5.82. The number of carbonyl (C=O) groups is 1. The van der Waals surface area contributed by atoms with Crippen LogP contribution in [-0.4, -0.2) is 16.2 Å². The molecule has 176 valence electrons. The third kappa shape index (κ3) is 4.16. The highest BCUT2D eigenvalue weighted by molar-refractivity contribution is 6.01. The van der Waals surface area contributed by atoms with Crippen LogP contribution in [0.2, 0.25) is 0 Å². The number of carbonyl (C=O) groups excluding carboxylic acids is 1. The largest absolute Gasteiger partial charge is 0.334 e. The fraction of sp³-hybridized carbons (Fsp3) is 0.115. The highest BCUT2D eigenvalue weighted by atomic mass is 19.1. The lowest BCUT2D eigenvalue weighted by Gasteiger charge is -2.35. The first-order chi connectivity index (χ1) is 16.8. The minimum absolute atomic E-state index is 0.0496. The summed E-state index contributed by atoms with van der Waals surface area (Å²) in [4.78, 5) is 18.9. The molecule has 1 aliphatic heterocycles. The van der Waals surface area contributed by atoms with E-state index in [2.05, 4.69) is 15.5 Å². The molecule has 1 aliphatic rings. The van der Waals surface area contributed by atoms with Crippen molar-refractivity contribution in [2.75, 3.05) is 4.90 Å². The molecule has 4 aromatic rings. The number of anilines is 1. The van der Waals surface area contributed by atoms with E-state index in [0.29, 0.717) is 33.6 Å². The lowest BCUT2D eigenvalue weighted by Crippen LogP contribution is -2.46. The Morgan fingerprint density at radius 1 is 0.943 bits per heavy atom. The van der Waals surface area contributed by atoms with Crippen molar-refractivity contribution in [2.24, 2.45) is 0 Å². The van der Waals surface area contributed by atoms with E-state index in [1.165, 1.54) is 47.4 Å². The number of urea groups is 1. The van der Waals surface area contributed by atoms with Crippen molar-refractivity contribution in [1.82, 2.24) is 15.5 Å². The van der Waals surface area contributed by atoms with Crippen molar-refractivity contribution in [3.05, 3.63) is 107 Å². The molecule has 1 unspecified atom stereocenters. The Labute approximate surface area is 198 Å². The molecule has 0 saturated carbocycles. The summed E-state index contributed by atoms with van der Waals surface area (Å²) in [6.45, 7) is 3.28. The lowest BCUT2D eigenvalue weighted by atomic mass is 9.94. The van der Waals surface area contributed by atoms with Crippen molar-refractivity contribution in [2.45, 2.75) is 19.9 Å². The first-order valence-corrected chi connectivity index (χ1v) is 10.7. The van der Waals surface area contributed by atoms with Gasteiger partial charge < -0.3 is 9.84 Å². The van der Waals surface area contributed by atoms with Gasteiger partial charge in [-0.15, -0.1) is 0 Å². The van der Waals surface area contributed by atoms with Gasteiger partial charge in [0.05, 0.1) is 17.3 Å². The number of aryl methyl sites for hydroxylation is 1. The second-order valence-corrected chi connectivity index (χ2v) is 8.14. The van der Waals surface area contributed by atoms with Crippen LogP contribution in [-0.2, 0) is 0 Å². The van der Waals surface area contributed by atoms with E-state index in [1.807, 2.05) is 0 Å². The number of aromatic nitrogens is 2. The summed E-state index contributed by atoms with van der Waals surface area (Å²) in [5.74, 6) is -1.22. The number of amides is 2. The van der Waals surface area contributed by atoms with E-state index < -0.39 is 29.5 Å². The van der Waals surface area contributed by atoms with Crippen LogP contribution in [0.5, 0.6) is 0 Å². The van der Waals surface area contributed by atoms with Crippen LogP contribution >= 0.6 is 0 Å². The number of halogens is 3. The highest BCUT2D eigenvalue weighted by Crippen LogP contribution is 2.39. The molecule has 0 radical (unpaired) electrons. The van der Waals surface area contributed by atoms with E-state index in [-0.39, 0.29) is 11.7 Å². The molecule has 1 N–H and O–H groups in total. The molecule has 0 spiro atoms. The number of nitrogens with one attached hydrogen (secondary N) is 1. The van der Waals surface area contributed by atoms with Crippen LogP contribution in [0.1, 0.15) is 30.0 Å². The second-order valence-electron chi connectivity index (χ2n) is 8.14. The van der Waals surface area contributed by atoms with Crippen molar-refractivity contribution >= 4 is 17.3 Å². The lowest BCUT2D eigenvalue weighted by molar-refractivity contribution is 0.244. The average molecular weight is 476 g/mol. The second kappa shape index (κ2) is 8.75. The molecule has 35 heavy (non-hydrogen) atoms. The molecule has 9 heteroatoms. The summed E-state index contributed by atoms with van der Waals surface area (Å²) < 4.78 is 47.6.